The topological polar surface area (TPSA) is 35.5 Å². The molecule has 0 saturated heterocycles. The maximum absolute atomic E-state index is 11.8. The van der Waals surface area contributed by atoms with Crippen molar-refractivity contribution in [3.8, 4) is 11.5 Å². The predicted molar refractivity (Wildman–Crippen MR) is 49.3 cm³/mol. The van der Waals surface area contributed by atoms with Crippen LogP contribution in [0.15, 0.2) is 24.3 Å². The second kappa shape index (κ2) is 4.87. The highest BCUT2D eigenvalue weighted by Crippen LogP contribution is 2.22. The van der Waals surface area contributed by atoms with E-state index in [0.29, 0.717) is 12.4 Å². The first kappa shape index (κ1) is 12.4. The second-order valence-electron chi connectivity index (χ2n) is 2.79. The second-order valence-corrected chi connectivity index (χ2v) is 2.79. The molecule has 0 aliphatic heterocycles. The summed E-state index contributed by atoms with van der Waals surface area (Å²) in [6, 6.07) is 5.30. The van der Waals surface area contributed by atoms with Crippen LogP contribution in [0.3, 0.4) is 0 Å². The molecule has 6 heteroatoms. The molecule has 0 atom stereocenters. The van der Waals surface area contributed by atoms with Crippen molar-refractivity contribution in [2.75, 3.05) is 6.61 Å². The minimum atomic E-state index is -4.99. The molecule has 88 valence electrons. The molecule has 1 rings (SSSR count). The fraction of sp³-hybridized carbons (Fsp3) is 0.300. The summed E-state index contributed by atoms with van der Waals surface area (Å²) in [5.74, 6) is -1.92. The highest BCUT2D eigenvalue weighted by atomic mass is 19.4. The Kier molecular flexibility index (Phi) is 3.76. The van der Waals surface area contributed by atoms with Crippen LogP contribution in [0.25, 0.3) is 0 Å². The van der Waals surface area contributed by atoms with Crippen molar-refractivity contribution < 1.29 is 27.4 Å². The van der Waals surface area contributed by atoms with E-state index in [1.807, 2.05) is 0 Å². The lowest BCUT2D eigenvalue weighted by Gasteiger charge is -2.07. The normalized spacial score (nSPS) is 11.0. The van der Waals surface area contributed by atoms with E-state index >= 15 is 0 Å². The maximum atomic E-state index is 11.8. The first-order valence-electron chi connectivity index (χ1n) is 4.45. The number of carbonyl (C=O) groups is 1. The van der Waals surface area contributed by atoms with Gasteiger partial charge >= 0.3 is 12.1 Å². The number of esters is 1. The molecule has 0 spiro atoms. The van der Waals surface area contributed by atoms with E-state index in [-0.39, 0.29) is 5.75 Å². The Morgan fingerprint density at radius 2 is 1.69 bits per heavy atom. The molecular formula is C10H9F3O3. The number of ether oxygens (including phenoxy) is 2. The summed E-state index contributed by atoms with van der Waals surface area (Å²) in [7, 11) is 0. The molecule has 0 aromatic heterocycles. The number of benzene rings is 1. The lowest BCUT2D eigenvalue weighted by Crippen LogP contribution is -2.27. The van der Waals surface area contributed by atoms with Crippen LogP contribution in [0.1, 0.15) is 6.92 Å². The van der Waals surface area contributed by atoms with E-state index < -0.39 is 12.1 Å². The molecule has 16 heavy (non-hydrogen) atoms. The predicted octanol–water partition coefficient (Wildman–Crippen LogP) is 2.55. The van der Waals surface area contributed by atoms with E-state index in [0.717, 1.165) is 0 Å². The quantitative estimate of drug-likeness (QED) is 0.595. The fourth-order valence-electron chi connectivity index (χ4n) is 0.935. The van der Waals surface area contributed by atoms with Gasteiger partial charge in [-0.3, -0.25) is 0 Å². The van der Waals surface area contributed by atoms with Gasteiger partial charge in [0.2, 0.25) is 0 Å². The van der Waals surface area contributed by atoms with Crippen molar-refractivity contribution in [1.82, 2.24) is 0 Å². The van der Waals surface area contributed by atoms with Crippen molar-refractivity contribution in [2.24, 2.45) is 0 Å². The summed E-state index contributed by atoms with van der Waals surface area (Å²) < 4.78 is 44.7. The van der Waals surface area contributed by atoms with Crippen molar-refractivity contribution >= 4 is 5.97 Å². The summed E-state index contributed by atoms with van der Waals surface area (Å²) in [5.41, 5.74) is 0. The van der Waals surface area contributed by atoms with E-state index in [1.165, 1.54) is 24.3 Å². The third kappa shape index (κ3) is 3.45. The Labute approximate surface area is 89.8 Å². The molecular weight excluding hydrogens is 225 g/mol. The molecule has 0 heterocycles. The minimum Gasteiger partial charge on any atom is -0.494 e. The van der Waals surface area contributed by atoms with Gasteiger partial charge in [-0.1, -0.05) is 0 Å². The third-order valence-electron chi connectivity index (χ3n) is 1.58. The molecule has 0 unspecified atom stereocenters. The van der Waals surface area contributed by atoms with Crippen molar-refractivity contribution in [2.45, 2.75) is 13.1 Å². The lowest BCUT2D eigenvalue weighted by atomic mass is 10.3. The van der Waals surface area contributed by atoms with Gasteiger partial charge in [0.05, 0.1) is 6.61 Å². The van der Waals surface area contributed by atoms with Crippen LogP contribution in [0.2, 0.25) is 0 Å². The highest BCUT2D eigenvalue weighted by molar-refractivity contribution is 5.78. The molecule has 0 aliphatic rings. The fourth-order valence-corrected chi connectivity index (χ4v) is 0.935. The molecule has 1 aromatic carbocycles. The Morgan fingerprint density at radius 3 is 2.12 bits per heavy atom. The summed E-state index contributed by atoms with van der Waals surface area (Å²) in [6.07, 6.45) is -4.99. The van der Waals surface area contributed by atoms with Gasteiger partial charge in [-0.15, -0.1) is 0 Å². The molecule has 0 amide bonds. The van der Waals surface area contributed by atoms with Crippen LogP contribution in [0.4, 0.5) is 13.2 Å². The number of carbonyl (C=O) groups excluding carboxylic acids is 1. The molecule has 0 aliphatic carbocycles. The molecule has 0 saturated carbocycles. The van der Waals surface area contributed by atoms with Crippen LogP contribution < -0.4 is 9.47 Å². The zero-order valence-electron chi connectivity index (χ0n) is 8.38. The summed E-state index contributed by atoms with van der Waals surface area (Å²) >= 11 is 0. The number of hydrogen-bond acceptors (Lipinski definition) is 3. The third-order valence-corrected chi connectivity index (χ3v) is 1.58. The van der Waals surface area contributed by atoms with Crippen LogP contribution in [-0.4, -0.2) is 18.8 Å². The van der Waals surface area contributed by atoms with Crippen molar-refractivity contribution in [3.63, 3.8) is 0 Å². The minimum absolute atomic E-state index is 0.175. The van der Waals surface area contributed by atoms with Gasteiger partial charge in [0.25, 0.3) is 0 Å². The monoisotopic (exact) mass is 234 g/mol. The summed E-state index contributed by atoms with van der Waals surface area (Å²) in [5, 5.41) is 0. The van der Waals surface area contributed by atoms with Gasteiger partial charge in [0.15, 0.2) is 0 Å². The molecule has 1 aromatic rings. The Morgan fingerprint density at radius 1 is 1.19 bits per heavy atom. The van der Waals surface area contributed by atoms with E-state index in [4.69, 9.17) is 4.74 Å². The van der Waals surface area contributed by atoms with E-state index in [9.17, 15) is 18.0 Å². The standard InChI is InChI=1S/C10H9F3O3/c1-2-15-7-3-5-8(6-4-7)16-9(14)10(11,12)13/h3-6H,2H2,1H3. The van der Waals surface area contributed by atoms with E-state index in [1.54, 1.807) is 6.92 Å². The van der Waals surface area contributed by atoms with Crippen molar-refractivity contribution in [3.05, 3.63) is 24.3 Å². The Hall–Kier alpha value is -1.72. The van der Waals surface area contributed by atoms with E-state index in [2.05, 4.69) is 4.74 Å². The summed E-state index contributed by atoms with van der Waals surface area (Å²) in [4.78, 5) is 10.5. The van der Waals surface area contributed by atoms with Gasteiger partial charge in [0.1, 0.15) is 11.5 Å². The summed E-state index contributed by atoms with van der Waals surface area (Å²) in [6.45, 7) is 2.22. The number of halogens is 3. The number of alkyl halides is 3. The smallest absolute Gasteiger partial charge is 0.491 e. The molecule has 0 N–H and O–H groups in total. The maximum Gasteiger partial charge on any atom is 0.491 e. The van der Waals surface area contributed by atoms with Crippen LogP contribution in [-0.2, 0) is 4.79 Å². The largest absolute Gasteiger partial charge is 0.494 e. The van der Waals surface area contributed by atoms with Crippen LogP contribution in [0, 0.1) is 0 Å². The average Bonchev–Trinajstić information content (AvgIpc) is 2.20. The molecule has 3 nitrogen and oxygen atoms in total. The number of hydrogen-bond donors (Lipinski definition) is 0. The first-order chi connectivity index (χ1) is 7.43. The lowest BCUT2D eigenvalue weighted by molar-refractivity contribution is -0.189. The Bertz CT molecular complexity index is 357. The zero-order chi connectivity index (χ0) is 12.2. The average molecular weight is 234 g/mol. The SMILES string of the molecule is CCOc1ccc(OC(=O)C(F)(F)F)cc1. The van der Waals surface area contributed by atoms with Gasteiger partial charge in [-0.2, -0.15) is 13.2 Å². The van der Waals surface area contributed by atoms with Gasteiger partial charge in [0, 0.05) is 0 Å². The molecule has 0 radical (unpaired) electrons. The zero-order valence-corrected chi connectivity index (χ0v) is 8.38. The van der Waals surface area contributed by atoms with Crippen LogP contribution in [0.5, 0.6) is 11.5 Å². The van der Waals surface area contributed by atoms with Gasteiger partial charge in [-0.25, -0.2) is 4.79 Å². The van der Waals surface area contributed by atoms with Gasteiger partial charge in [-0.05, 0) is 31.2 Å². The van der Waals surface area contributed by atoms with Crippen LogP contribution >= 0.6 is 0 Å². The Balaban J connectivity index is 2.65. The molecule has 0 bridgehead atoms. The molecule has 0 fully saturated rings. The first-order valence-corrected chi connectivity index (χ1v) is 4.45. The van der Waals surface area contributed by atoms with Gasteiger partial charge < -0.3 is 9.47 Å². The highest BCUT2D eigenvalue weighted by Gasteiger charge is 2.41. The number of rotatable bonds is 3. The van der Waals surface area contributed by atoms with Crippen molar-refractivity contribution in [1.29, 1.82) is 0 Å².